The number of hydrogen-bond donors (Lipinski definition) is 0. The Hall–Kier alpha value is -3.54. The van der Waals surface area contributed by atoms with E-state index in [1.165, 1.54) is 12.1 Å². The highest BCUT2D eigenvalue weighted by Crippen LogP contribution is 2.41. The van der Waals surface area contributed by atoms with E-state index in [1.807, 2.05) is 47.4 Å². The number of carbonyl (C=O) groups excluding carboxylic acids is 1. The summed E-state index contributed by atoms with van der Waals surface area (Å²) in [4.78, 5) is 15.0. The molecule has 1 aliphatic rings. The number of carbonyl (C=O) groups is 1. The molecule has 4 rings (SSSR count). The standard InChI is InChI=1S/C25H24FNO4/c1-29-22-13-18-11-12-27(24(28)16-31-20-10-6-9-19(26)14-20)25(17-7-4-3-5-8-17)21(18)15-23(22)30-2/h3-10,13-15,25H,11-12,16H2,1-2H3. The van der Waals surface area contributed by atoms with Gasteiger partial charge in [-0.05, 0) is 47.4 Å². The van der Waals surface area contributed by atoms with Crippen LogP contribution in [0.3, 0.4) is 0 Å². The predicted molar refractivity (Wildman–Crippen MR) is 115 cm³/mol. The van der Waals surface area contributed by atoms with E-state index < -0.39 is 5.82 Å². The molecule has 0 bridgehead atoms. The summed E-state index contributed by atoms with van der Waals surface area (Å²) in [5, 5.41) is 0. The van der Waals surface area contributed by atoms with E-state index in [9.17, 15) is 9.18 Å². The van der Waals surface area contributed by atoms with Crippen molar-refractivity contribution >= 4 is 5.91 Å². The second-order valence-electron chi connectivity index (χ2n) is 7.30. The van der Waals surface area contributed by atoms with Crippen LogP contribution in [-0.2, 0) is 11.2 Å². The summed E-state index contributed by atoms with van der Waals surface area (Å²) < 4.78 is 30.0. The highest BCUT2D eigenvalue weighted by Gasteiger charge is 2.33. The highest BCUT2D eigenvalue weighted by molar-refractivity contribution is 5.79. The Bertz CT molecular complexity index is 1070. The van der Waals surface area contributed by atoms with Crippen LogP contribution in [0.1, 0.15) is 22.7 Å². The first-order valence-electron chi connectivity index (χ1n) is 10.1. The molecule has 0 aliphatic carbocycles. The SMILES string of the molecule is COc1cc2c(cc1OC)C(c1ccccc1)N(C(=O)COc1cccc(F)c1)CC2. The third-order valence-corrected chi connectivity index (χ3v) is 5.47. The van der Waals surface area contributed by atoms with Gasteiger partial charge in [-0.1, -0.05) is 36.4 Å². The largest absolute Gasteiger partial charge is 0.493 e. The number of methoxy groups -OCH3 is 2. The summed E-state index contributed by atoms with van der Waals surface area (Å²) in [5.41, 5.74) is 3.10. The Morgan fingerprint density at radius 1 is 1.00 bits per heavy atom. The Labute approximate surface area is 181 Å². The Morgan fingerprint density at radius 2 is 1.74 bits per heavy atom. The lowest BCUT2D eigenvalue weighted by atomic mass is 9.87. The average molecular weight is 421 g/mol. The van der Waals surface area contributed by atoms with Gasteiger partial charge in [0.25, 0.3) is 5.91 Å². The van der Waals surface area contributed by atoms with Crippen molar-refractivity contribution in [2.75, 3.05) is 27.4 Å². The van der Waals surface area contributed by atoms with E-state index in [-0.39, 0.29) is 18.6 Å². The molecule has 1 heterocycles. The molecule has 0 fully saturated rings. The fourth-order valence-electron chi connectivity index (χ4n) is 3.99. The van der Waals surface area contributed by atoms with Gasteiger partial charge in [0.05, 0.1) is 20.3 Å². The lowest BCUT2D eigenvalue weighted by Gasteiger charge is -2.38. The first-order valence-corrected chi connectivity index (χ1v) is 10.1. The quantitative estimate of drug-likeness (QED) is 0.592. The normalized spacial score (nSPS) is 15.2. The molecule has 0 saturated heterocycles. The molecule has 1 amide bonds. The number of hydrogen-bond acceptors (Lipinski definition) is 4. The number of benzene rings is 3. The average Bonchev–Trinajstić information content (AvgIpc) is 2.81. The van der Waals surface area contributed by atoms with Gasteiger partial charge in [0.15, 0.2) is 18.1 Å². The first kappa shape index (κ1) is 20.7. The van der Waals surface area contributed by atoms with E-state index in [1.54, 1.807) is 26.4 Å². The topological polar surface area (TPSA) is 48.0 Å². The van der Waals surface area contributed by atoms with Crippen LogP contribution < -0.4 is 14.2 Å². The number of amides is 1. The molecule has 3 aromatic rings. The number of fused-ring (bicyclic) bond motifs is 1. The zero-order valence-electron chi connectivity index (χ0n) is 17.5. The smallest absolute Gasteiger partial charge is 0.261 e. The number of halogens is 1. The van der Waals surface area contributed by atoms with Crippen molar-refractivity contribution in [1.82, 2.24) is 4.90 Å². The van der Waals surface area contributed by atoms with Crippen molar-refractivity contribution in [3.63, 3.8) is 0 Å². The van der Waals surface area contributed by atoms with Gasteiger partial charge in [-0.2, -0.15) is 0 Å². The summed E-state index contributed by atoms with van der Waals surface area (Å²) in [5.74, 6) is 1.04. The zero-order chi connectivity index (χ0) is 21.8. The molecular weight excluding hydrogens is 397 g/mol. The van der Waals surface area contributed by atoms with Crippen molar-refractivity contribution in [1.29, 1.82) is 0 Å². The Morgan fingerprint density at radius 3 is 2.45 bits per heavy atom. The second-order valence-corrected chi connectivity index (χ2v) is 7.30. The van der Waals surface area contributed by atoms with E-state index in [2.05, 4.69) is 0 Å². The van der Waals surface area contributed by atoms with E-state index in [0.29, 0.717) is 30.2 Å². The summed E-state index contributed by atoms with van der Waals surface area (Å²) in [7, 11) is 3.21. The maximum atomic E-state index is 13.4. The summed E-state index contributed by atoms with van der Waals surface area (Å²) in [6.45, 7) is 0.364. The van der Waals surface area contributed by atoms with Gasteiger partial charge in [0.2, 0.25) is 0 Å². The molecule has 1 atom stereocenters. The molecule has 160 valence electrons. The third-order valence-electron chi connectivity index (χ3n) is 5.47. The molecule has 0 N–H and O–H groups in total. The van der Waals surface area contributed by atoms with Crippen LogP contribution in [0.4, 0.5) is 4.39 Å². The maximum Gasteiger partial charge on any atom is 0.261 e. The maximum absolute atomic E-state index is 13.4. The highest BCUT2D eigenvalue weighted by atomic mass is 19.1. The van der Waals surface area contributed by atoms with Gasteiger partial charge in [-0.3, -0.25) is 4.79 Å². The minimum absolute atomic E-state index is 0.168. The van der Waals surface area contributed by atoms with Gasteiger partial charge in [-0.15, -0.1) is 0 Å². The molecular formula is C25H24FNO4. The lowest BCUT2D eigenvalue weighted by molar-refractivity contribution is -0.135. The summed E-state index contributed by atoms with van der Waals surface area (Å²) >= 11 is 0. The number of rotatable bonds is 6. The van der Waals surface area contributed by atoms with Crippen LogP contribution in [0.15, 0.2) is 66.7 Å². The molecule has 5 nitrogen and oxygen atoms in total. The van der Waals surface area contributed by atoms with Crippen LogP contribution in [0.25, 0.3) is 0 Å². The van der Waals surface area contributed by atoms with E-state index in [0.717, 1.165) is 16.7 Å². The van der Waals surface area contributed by atoms with Crippen LogP contribution in [-0.4, -0.2) is 38.2 Å². The van der Waals surface area contributed by atoms with Crippen molar-refractivity contribution in [2.45, 2.75) is 12.5 Å². The number of nitrogens with zero attached hydrogens (tertiary/aromatic N) is 1. The number of ether oxygens (including phenoxy) is 3. The second kappa shape index (κ2) is 9.08. The van der Waals surface area contributed by atoms with Crippen LogP contribution >= 0.6 is 0 Å². The fourth-order valence-corrected chi connectivity index (χ4v) is 3.99. The monoisotopic (exact) mass is 421 g/mol. The fraction of sp³-hybridized carbons (Fsp3) is 0.240. The Kier molecular flexibility index (Phi) is 6.07. The molecule has 1 unspecified atom stereocenters. The zero-order valence-corrected chi connectivity index (χ0v) is 17.5. The van der Waals surface area contributed by atoms with Gasteiger partial charge in [0.1, 0.15) is 11.6 Å². The molecule has 0 spiro atoms. The van der Waals surface area contributed by atoms with Crippen LogP contribution in [0.5, 0.6) is 17.2 Å². The summed E-state index contributed by atoms with van der Waals surface area (Å²) in [6.07, 6.45) is 0.685. The molecule has 0 saturated carbocycles. The molecule has 0 radical (unpaired) electrons. The Balaban J connectivity index is 1.67. The minimum atomic E-state index is -0.403. The molecule has 3 aromatic carbocycles. The van der Waals surface area contributed by atoms with Crippen molar-refractivity contribution in [3.8, 4) is 17.2 Å². The minimum Gasteiger partial charge on any atom is -0.493 e. The van der Waals surface area contributed by atoms with Gasteiger partial charge in [0, 0.05) is 12.6 Å². The summed E-state index contributed by atoms with van der Waals surface area (Å²) in [6, 6.07) is 19.3. The lowest BCUT2D eigenvalue weighted by Crippen LogP contribution is -2.43. The van der Waals surface area contributed by atoms with Gasteiger partial charge in [-0.25, -0.2) is 4.39 Å². The van der Waals surface area contributed by atoms with Crippen LogP contribution in [0.2, 0.25) is 0 Å². The molecule has 0 aromatic heterocycles. The van der Waals surface area contributed by atoms with E-state index >= 15 is 0 Å². The van der Waals surface area contributed by atoms with Crippen molar-refractivity contribution < 1.29 is 23.4 Å². The van der Waals surface area contributed by atoms with Gasteiger partial charge < -0.3 is 19.1 Å². The van der Waals surface area contributed by atoms with Crippen molar-refractivity contribution in [3.05, 3.63) is 89.2 Å². The van der Waals surface area contributed by atoms with E-state index in [4.69, 9.17) is 14.2 Å². The van der Waals surface area contributed by atoms with Crippen molar-refractivity contribution in [2.24, 2.45) is 0 Å². The predicted octanol–water partition coefficient (Wildman–Crippen LogP) is 4.40. The molecule has 31 heavy (non-hydrogen) atoms. The third kappa shape index (κ3) is 4.33. The van der Waals surface area contributed by atoms with Gasteiger partial charge >= 0.3 is 0 Å². The molecule has 1 aliphatic heterocycles. The van der Waals surface area contributed by atoms with Crippen LogP contribution in [0, 0.1) is 5.82 Å². The first-order chi connectivity index (χ1) is 15.1. The molecule has 6 heteroatoms.